The van der Waals surface area contributed by atoms with Gasteiger partial charge in [0, 0.05) is 42.3 Å². The van der Waals surface area contributed by atoms with Crippen LogP contribution in [0.15, 0.2) is 71.7 Å². The first-order valence-corrected chi connectivity index (χ1v) is 15.6. The van der Waals surface area contributed by atoms with Crippen LogP contribution in [0, 0.1) is 0 Å². The van der Waals surface area contributed by atoms with Crippen molar-refractivity contribution in [3.63, 3.8) is 0 Å². The number of halogens is 2. The average molecular weight is 669 g/mol. The lowest BCUT2D eigenvalue weighted by atomic mass is 9.93. The van der Waals surface area contributed by atoms with Crippen molar-refractivity contribution in [2.24, 2.45) is 4.99 Å². The van der Waals surface area contributed by atoms with Crippen LogP contribution in [0.5, 0.6) is 11.5 Å². The highest BCUT2D eigenvalue weighted by Gasteiger charge is 2.45. The van der Waals surface area contributed by atoms with Gasteiger partial charge in [-0.25, -0.2) is 9.59 Å². The quantitative estimate of drug-likeness (QED) is 0.294. The Morgan fingerprint density at radius 3 is 2.24 bits per heavy atom. The summed E-state index contributed by atoms with van der Waals surface area (Å²) in [5.41, 5.74) is 2.22. The number of nitrogens with zero attached hydrogens (tertiary/aromatic N) is 4. The summed E-state index contributed by atoms with van der Waals surface area (Å²) in [6.45, 7) is 4.44. The first kappa shape index (κ1) is 32.9. The van der Waals surface area contributed by atoms with E-state index in [9.17, 15) is 14.4 Å². The van der Waals surface area contributed by atoms with Gasteiger partial charge in [-0.2, -0.15) is 0 Å². The maximum absolute atomic E-state index is 14.7. The number of amides is 4. The number of rotatable bonds is 9. The Bertz CT molecular complexity index is 1620. The van der Waals surface area contributed by atoms with E-state index in [0.717, 1.165) is 11.1 Å². The van der Waals surface area contributed by atoms with E-state index in [2.05, 4.69) is 5.32 Å². The predicted molar refractivity (Wildman–Crippen MR) is 175 cm³/mol. The first-order chi connectivity index (χ1) is 22.0. The predicted octanol–water partition coefficient (Wildman–Crippen LogP) is 5.87. The molecule has 0 spiro atoms. The molecule has 2 atom stereocenters. The molecule has 4 amide bonds. The standard InChI is InChI=1S/C33H35Cl2N5O6/c1-20(2)46-27-18-25(45-3)12-13-26(27)31-37-29(21-4-8-23(34)9-5-21)30(22-6-10-24(35)11-7-22)40(31)33(44)39-17-16-38(28(41)19-39)15-14-36-32(42)43/h4-13,18,20,29-30,36H,14-17,19H2,1-3H3,(H,42,43)/t29-,30+/m0/s1. The SMILES string of the molecule is COc1ccc(C2=N[C@@H](c3ccc(Cl)cc3)[C@@H](c3ccc(Cl)cc3)N2C(=O)N2CCN(CCNC(=O)O)C(=O)C2)c(OC(C)C)c1. The van der Waals surface area contributed by atoms with Crippen LogP contribution >= 0.6 is 23.2 Å². The number of hydrogen-bond donors (Lipinski definition) is 2. The normalized spacial score (nSPS) is 18.1. The van der Waals surface area contributed by atoms with E-state index in [1.165, 1.54) is 4.90 Å². The van der Waals surface area contributed by atoms with E-state index in [4.69, 9.17) is 42.8 Å². The van der Waals surface area contributed by atoms with Gasteiger partial charge in [-0.1, -0.05) is 47.5 Å². The van der Waals surface area contributed by atoms with Crippen molar-refractivity contribution in [2.45, 2.75) is 32.0 Å². The second kappa shape index (κ2) is 14.3. The van der Waals surface area contributed by atoms with E-state index in [0.29, 0.717) is 32.9 Å². The zero-order chi connectivity index (χ0) is 33.0. The number of piperazine rings is 1. The number of carbonyl (C=O) groups is 3. The molecule has 0 radical (unpaired) electrons. The third-order valence-corrected chi connectivity index (χ3v) is 8.24. The molecule has 46 heavy (non-hydrogen) atoms. The maximum Gasteiger partial charge on any atom is 0.404 e. The fourth-order valence-electron chi connectivity index (χ4n) is 5.58. The van der Waals surface area contributed by atoms with Gasteiger partial charge in [0.2, 0.25) is 5.91 Å². The molecule has 0 aromatic heterocycles. The number of ether oxygens (including phenoxy) is 2. The summed E-state index contributed by atoms with van der Waals surface area (Å²) in [7, 11) is 1.57. The number of aliphatic imine (C=N–C) groups is 1. The smallest absolute Gasteiger partial charge is 0.404 e. The molecule has 0 bridgehead atoms. The zero-order valence-corrected chi connectivity index (χ0v) is 27.2. The monoisotopic (exact) mass is 667 g/mol. The van der Waals surface area contributed by atoms with Crippen molar-refractivity contribution in [3.05, 3.63) is 93.5 Å². The van der Waals surface area contributed by atoms with Crippen molar-refractivity contribution in [1.82, 2.24) is 20.0 Å². The number of carboxylic acid groups (broad SMARTS) is 1. The van der Waals surface area contributed by atoms with Gasteiger partial charge in [0.25, 0.3) is 0 Å². The number of nitrogens with one attached hydrogen (secondary N) is 1. The Kier molecular flexibility index (Phi) is 10.2. The van der Waals surface area contributed by atoms with Crippen LogP contribution in [-0.2, 0) is 4.79 Å². The van der Waals surface area contributed by atoms with E-state index >= 15 is 0 Å². The summed E-state index contributed by atoms with van der Waals surface area (Å²) >= 11 is 12.5. The number of benzene rings is 3. The molecular formula is C33H35Cl2N5O6. The number of carbonyl (C=O) groups excluding carboxylic acids is 2. The Morgan fingerprint density at radius 2 is 1.65 bits per heavy atom. The number of urea groups is 1. The minimum atomic E-state index is -1.16. The summed E-state index contributed by atoms with van der Waals surface area (Å²) in [5, 5.41) is 12.3. The fourth-order valence-corrected chi connectivity index (χ4v) is 5.83. The van der Waals surface area contributed by atoms with Crippen molar-refractivity contribution in [1.29, 1.82) is 0 Å². The number of hydrogen-bond acceptors (Lipinski definition) is 6. The Balaban J connectivity index is 1.59. The van der Waals surface area contributed by atoms with Crippen LogP contribution in [0.3, 0.4) is 0 Å². The van der Waals surface area contributed by atoms with Gasteiger partial charge in [-0.3, -0.25) is 14.7 Å². The van der Waals surface area contributed by atoms with E-state index in [-0.39, 0.29) is 44.7 Å². The van der Waals surface area contributed by atoms with Crippen LogP contribution < -0.4 is 14.8 Å². The summed E-state index contributed by atoms with van der Waals surface area (Å²) in [5.74, 6) is 1.17. The Morgan fingerprint density at radius 1 is 1.00 bits per heavy atom. The molecular weight excluding hydrogens is 633 g/mol. The highest BCUT2D eigenvalue weighted by Crippen LogP contribution is 2.46. The molecule has 3 aromatic carbocycles. The molecule has 3 aromatic rings. The molecule has 2 aliphatic rings. The molecule has 2 heterocycles. The molecule has 242 valence electrons. The van der Waals surface area contributed by atoms with Crippen LogP contribution in [0.25, 0.3) is 0 Å². The van der Waals surface area contributed by atoms with Crippen molar-refractivity contribution in [2.75, 3.05) is 39.8 Å². The molecule has 1 saturated heterocycles. The lowest BCUT2D eigenvalue weighted by molar-refractivity contribution is -0.134. The van der Waals surface area contributed by atoms with Gasteiger partial charge in [0.15, 0.2) is 0 Å². The second-order valence-corrected chi connectivity index (χ2v) is 12.0. The fraction of sp³-hybridized carbons (Fsp3) is 0.333. The molecule has 2 aliphatic heterocycles. The van der Waals surface area contributed by atoms with E-state index in [1.54, 1.807) is 53.3 Å². The molecule has 5 rings (SSSR count). The lowest BCUT2D eigenvalue weighted by Crippen LogP contribution is -2.57. The van der Waals surface area contributed by atoms with Crippen LogP contribution in [0.4, 0.5) is 9.59 Å². The largest absolute Gasteiger partial charge is 0.497 e. The number of methoxy groups -OCH3 is 1. The minimum absolute atomic E-state index is 0.0927. The van der Waals surface area contributed by atoms with Gasteiger partial charge >= 0.3 is 12.1 Å². The Hall–Kier alpha value is -4.48. The van der Waals surface area contributed by atoms with Crippen molar-refractivity contribution in [3.8, 4) is 11.5 Å². The summed E-state index contributed by atoms with van der Waals surface area (Å²) in [4.78, 5) is 48.6. The van der Waals surface area contributed by atoms with Gasteiger partial charge in [0.05, 0.1) is 24.8 Å². The summed E-state index contributed by atoms with van der Waals surface area (Å²) < 4.78 is 11.7. The summed E-state index contributed by atoms with van der Waals surface area (Å²) in [6, 6.07) is 18.4. The summed E-state index contributed by atoms with van der Waals surface area (Å²) in [6.07, 6.45) is -1.35. The van der Waals surface area contributed by atoms with Crippen LogP contribution in [0.1, 0.15) is 42.6 Å². The Labute approximate surface area is 277 Å². The highest BCUT2D eigenvalue weighted by atomic mass is 35.5. The van der Waals surface area contributed by atoms with Crippen molar-refractivity contribution < 1.29 is 29.0 Å². The third kappa shape index (κ3) is 7.32. The van der Waals surface area contributed by atoms with Gasteiger partial charge < -0.3 is 29.7 Å². The number of amidine groups is 1. The minimum Gasteiger partial charge on any atom is -0.497 e. The van der Waals surface area contributed by atoms with E-state index < -0.39 is 24.2 Å². The van der Waals surface area contributed by atoms with Crippen LogP contribution in [0.2, 0.25) is 10.0 Å². The highest BCUT2D eigenvalue weighted by molar-refractivity contribution is 6.30. The van der Waals surface area contributed by atoms with Gasteiger partial charge in [-0.05, 0) is 61.4 Å². The lowest BCUT2D eigenvalue weighted by Gasteiger charge is -2.38. The molecule has 0 aliphatic carbocycles. The van der Waals surface area contributed by atoms with Gasteiger partial charge in [-0.15, -0.1) is 0 Å². The van der Waals surface area contributed by atoms with Crippen molar-refractivity contribution >= 4 is 47.1 Å². The van der Waals surface area contributed by atoms with Gasteiger partial charge in [0.1, 0.15) is 29.9 Å². The molecule has 0 saturated carbocycles. The molecule has 1 fully saturated rings. The molecule has 11 nitrogen and oxygen atoms in total. The molecule has 2 N–H and O–H groups in total. The average Bonchev–Trinajstić information content (AvgIpc) is 3.42. The third-order valence-electron chi connectivity index (χ3n) is 7.74. The molecule has 0 unspecified atom stereocenters. The van der Waals surface area contributed by atoms with E-state index in [1.807, 2.05) is 44.2 Å². The second-order valence-electron chi connectivity index (χ2n) is 11.2. The topological polar surface area (TPSA) is 124 Å². The maximum atomic E-state index is 14.7. The zero-order valence-electron chi connectivity index (χ0n) is 25.7. The molecule has 13 heteroatoms. The first-order valence-electron chi connectivity index (χ1n) is 14.8. The van der Waals surface area contributed by atoms with Crippen LogP contribution in [-0.4, -0.2) is 89.6 Å².